The van der Waals surface area contributed by atoms with Gasteiger partial charge in [0, 0.05) is 0 Å². The Balaban J connectivity index is 2.29. The number of hydrogen-bond donors (Lipinski definition) is 8. The molecule has 1 aliphatic heterocycles. The van der Waals surface area contributed by atoms with Crippen LogP contribution in [0.15, 0.2) is 24.3 Å². The third kappa shape index (κ3) is 36.2. The van der Waals surface area contributed by atoms with Crippen LogP contribution >= 0.6 is 0 Å². The van der Waals surface area contributed by atoms with Crippen molar-refractivity contribution in [1.29, 1.82) is 0 Å². The van der Waals surface area contributed by atoms with Crippen molar-refractivity contribution in [2.75, 3.05) is 13.2 Å². The number of carbonyl (C=O) groups is 1. The van der Waals surface area contributed by atoms with Gasteiger partial charge in [0.25, 0.3) is 0 Å². The second-order valence-electron chi connectivity index (χ2n) is 20.7. The predicted molar refractivity (Wildman–Crippen MR) is 284 cm³/mol. The molecule has 1 fully saturated rings. The van der Waals surface area contributed by atoms with E-state index in [2.05, 4.69) is 43.5 Å². The van der Waals surface area contributed by atoms with E-state index < -0.39 is 74.2 Å². The van der Waals surface area contributed by atoms with Gasteiger partial charge in [-0.1, -0.05) is 244 Å². The van der Waals surface area contributed by atoms with Crippen LogP contribution in [0.4, 0.5) is 0 Å². The molecule has 0 spiro atoms. The Hall–Kier alpha value is -1.41. The third-order valence-corrected chi connectivity index (χ3v) is 14.2. The Morgan fingerprint density at radius 2 is 0.870 bits per heavy atom. The van der Waals surface area contributed by atoms with Gasteiger partial charge in [-0.3, -0.25) is 4.79 Å². The van der Waals surface area contributed by atoms with Crippen LogP contribution in [0.5, 0.6) is 0 Å². The quantitative estimate of drug-likeness (QED) is 0.0215. The first-order chi connectivity index (χ1) is 33.7. The van der Waals surface area contributed by atoms with Crippen molar-refractivity contribution in [3.8, 4) is 0 Å². The zero-order valence-electron chi connectivity index (χ0n) is 44.6. The number of aliphatic hydroxyl groups excluding tert-OH is 7. The number of aliphatic hydroxyl groups is 7. The fraction of sp³-hybridized carbons (Fsp3) is 0.914. The molecule has 1 saturated heterocycles. The Bertz CT molecular complexity index is 1170. The molecule has 69 heavy (non-hydrogen) atoms. The van der Waals surface area contributed by atoms with Gasteiger partial charge in [0.15, 0.2) is 6.29 Å². The number of nitrogens with one attached hydrogen (secondary N) is 1. The van der Waals surface area contributed by atoms with Gasteiger partial charge in [-0.05, 0) is 51.4 Å². The first kappa shape index (κ1) is 65.6. The van der Waals surface area contributed by atoms with Crippen molar-refractivity contribution < 1.29 is 50.0 Å². The topological polar surface area (TPSA) is 189 Å². The highest BCUT2D eigenvalue weighted by molar-refractivity contribution is 5.80. The Morgan fingerprint density at radius 1 is 0.493 bits per heavy atom. The first-order valence-corrected chi connectivity index (χ1v) is 29.2. The Kier molecular flexibility index (Phi) is 45.2. The van der Waals surface area contributed by atoms with Crippen molar-refractivity contribution >= 4 is 5.91 Å². The minimum atomic E-state index is -1.67. The normalized spacial score (nSPS) is 20.5. The molecule has 9 unspecified atom stereocenters. The van der Waals surface area contributed by atoms with Gasteiger partial charge in [-0.25, -0.2) is 0 Å². The van der Waals surface area contributed by atoms with Crippen molar-refractivity contribution in [3.63, 3.8) is 0 Å². The van der Waals surface area contributed by atoms with Crippen LogP contribution in [0.3, 0.4) is 0 Å². The van der Waals surface area contributed by atoms with Crippen molar-refractivity contribution in [2.24, 2.45) is 0 Å². The molecule has 11 nitrogen and oxygen atoms in total. The fourth-order valence-corrected chi connectivity index (χ4v) is 9.46. The van der Waals surface area contributed by atoms with E-state index in [1.807, 2.05) is 0 Å². The maximum Gasteiger partial charge on any atom is 0.249 e. The van der Waals surface area contributed by atoms with Crippen molar-refractivity contribution in [1.82, 2.24) is 5.32 Å². The highest BCUT2D eigenvalue weighted by atomic mass is 16.7. The van der Waals surface area contributed by atoms with E-state index in [4.69, 9.17) is 9.47 Å². The van der Waals surface area contributed by atoms with Crippen LogP contribution in [0.1, 0.15) is 271 Å². The summed E-state index contributed by atoms with van der Waals surface area (Å²) in [6.07, 6.45) is 45.3. The molecule has 0 aromatic carbocycles. The number of hydrogen-bond acceptors (Lipinski definition) is 10. The van der Waals surface area contributed by atoms with Crippen molar-refractivity contribution in [2.45, 2.75) is 326 Å². The summed E-state index contributed by atoms with van der Waals surface area (Å²) < 4.78 is 11.1. The lowest BCUT2D eigenvalue weighted by Gasteiger charge is -2.40. The maximum absolute atomic E-state index is 13.2. The standard InChI is InChI=1S/C58H111NO10/c1-3-5-7-9-11-13-15-17-19-21-22-23-24-25-26-27-28-29-30-32-34-36-38-40-42-44-46-51(62)57(67)59-49(48-68-58-56(66)55(65)54(64)52(47-60)69-58)53(63)50(61)45-43-41-39-37-35-33-31-20-18-16-14-12-10-8-6-4-2/h20,31,37,39,49-56,58,60-66H,3-19,21-30,32-36,38,40-48H2,1-2H3,(H,59,67)/b31-20+,39-37+. The maximum atomic E-state index is 13.2. The highest BCUT2D eigenvalue weighted by Gasteiger charge is 2.44. The lowest BCUT2D eigenvalue weighted by molar-refractivity contribution is -0.303. The van der Waals surface area contributed by atoms with Crippen LogP contribution in [0, 0.1) is 0 Å². The summed E-state index contributed by atoms with van der Waals surface area (Å²) in [5.41, 5.74) is 0. The summed E-state index contributed by atoms with van der Waals surface area (Å²) >= 11 is 0. The van der Waals surface area contributed by atoms with E-state index in [-0.39, 0.29) is 12.8 Å². The molecule has 1 rings (SSSR count). The van der Waals surface area contributed by atoms with E-state index >= 15 is 0 Å². The van der Waals surface area contributed by atoms with E-state index in [0.717, 1.165) is 38.5 Å². The molecular weight excluding hydrogens is 871 g/mol. The van der Waals surface area contributed by atoms with Crippen LogP contribution < -0.4 is 5.32 Å². The van der Waals surface area contributed by atoms with Gasteiger partial charge in [-0.2, -0.15) is 0 Å². The zero-order chi connectivity index (χ0) is 50.4. The summed E-state index contributed by atoms with van der Waals surface area (Å²) in [6, 6.07) is -1.19. The predicted octanol–water partition coefficient (Wildman–Crippen LogP) is 12.1. The number of unbranched alkanes of at least 4 members (excludes halogenated alkanes) is 34. The molecule has 0 radical (unpaired) electrons. The largest absolute Gasteiger partial charge is 0.394 e. The Labute approximate surface area is 423 Å². The molecule has 0 bridgehead atoms. The van der Waals surface area contributed by atoms with Gasteiger partial charge < -0.3 is 50.5 Å². The number of amides is 1. The molecular formula is C58H111NO10. The summed E-state index contributed by atoms with van der Waals surface area (Å²) in [5, 5.41) is 76.0. The second kappa shape index (κ2) is 47.6. The Morgan fingerprint density at radius 3 is 1.29 bits per heavy atom. The number of carbonyl (C=O) groups excluding carboxylic acids is 1. The average Bonchev–Trinajstić information content (AvgIpc) is 3.35. The molecule has 0 aromatic heterocycles. The lowest BCUT2D eigenvalue weighted by atomic mass is 9.98. The number of ether oxygens (including phenoxy) is 2. The van der Waals surface area contributed by atoms with E-state index in [1.165, 1.54) is 186 Å². The van der Waals surface area contributed by atoms with Crippen LogP contribution in [-0.2, 0) is 14.3 Å². The molecule has 1 amide bonds. The number of allylic oxidation sites excluding steroid dienone is 4. The summed E-state index contributed by atoms with van der Waals surface area (Å²) in [6.45, 7) is 3.45. The van der Waals surface area contributed by atoms with Crippen molar-refractivity contribution in [3.05, 3.63) is 24.3 Å². The SMILES string of the molecule is CCCCCCCCC/C=C/CC/C=C/CCCC(O)C(O)C(COC1OC(CO)C(O)C(O)C1O)NC(=O)C(O)CCCCCCCCCCCCCCCCCCCCCCCCCCCC. The van der Waals surface area contributed by atoms with Gasteiger partial charge in [0.1, 0.15) is 36.6 Å². The van der Waals surface area contributed by atoms with E-state index in [1.54, 1.807) is 0 Å². The summed E-state index contributed by atoms with van der Waals surface area (Å²) in [7, 11) is 0. The first-order valence-electron chi connectivity index (χ1n) is 29.2. The van der Waals surface area contributed by atoms with E-state index in [0.29, 0.717) is 19.3 Å². The smallest absolute Gasteiger partial charge is 0.249 e. The average molecular weight is 983 g/mol. The summed E-state index contributed by atoms with van der Waals surface area (Å²) in [5.74, 6) is -0.706. The van der Waals surface area contributed by atoms with Gasteiger partial charge >= 0.3 is 0 Å². The number of rotatable bonds is 50. The minimum absolute atomic E-state index is 0.248. The third-order valence-electron chi connectivity index (χ3n) is 14.2. The van der Waals surface area contributed by atoms with Crippen LogP contribution in [-0.4, -0.2) is 110 Å². The molecule has 11 heteroatoms. The highest BCUT2D eigenvalue weighted by Crippen LogP contribution is 2.23. The second-order valence-corrected chi connectivity index (χ2v) is 20.7. The molecule has 8 N–H and O–H groups in total. The monoisotopic (exact) mass is 982 g/mol. The summed E-state index contributed by atoms with van der Waals surface area (Å²) in [4.78, 5) is 13.2. The molecule has 0 aromatic rings. The molecule has 1 heterocycles. The fourth-order valence-electron chi connectivity index (χ4n) is 9.46. The van der Waals surface area contributed by atoms with Gasteiger partial charge in [0.2, 0.25) is 5.91 Å². The van der Waals surface area contributed by atoms with Crippen LogP contribution in [0.25, 0.3) is 0 Å². The van der Waals surface area contributed by atoms with Crippen LogP contribution in [0.2, 0.25) is 0 Å². The van der Waals surface area contributed by atoms with Gasteiger partial charge in [0.05, 0.1) is 25.4 Å². The van der Waals surface area contributed by atoms with Gasteiger partial charge in [-0.15, -0.1) is 0 Å². The molecule has 9 atom stereocenters. The zero-order valence-corrected chi connectivity index (χ0v) is 44.6. The van der Waals surface area contributed by atoms with E-state index in [9.17, 15) is 40.5 Å². The molecule has 408 valence electrons. The molecule has 1 aliphatic rings. The minimum Gasteiger partial charge on any atom is -0.394 e. The molecule has 0 saturated carbocycles. The lowest BCUT2D eigenvalue weighted by Crippen LogP contribution is -2.60. The molecule has 0 aliphatic carbocycles.